The lowest BCUT2D eigenvalue weighted by Gasteiger charge is -1.89. The molecule has 4 heteroatoms. The first-order valence-corrected chi connectivity index (χ1v) is 2.84. The number of halogens is 1. The molecule has 0 fully saturated rings. The number of hydrogen-bond acceptors (Lipinski definition) is 3. The molecule has 0 aromatic heterocycles. The standard InChI is InChI=1S/C6H7NO.ClHO/c7-5-1-3-6(8)4-2-5;1-2/h1-4,8H,7H2;2H. The Morgan fingerprint density at radius 2 is 1.50 bits per heavy atom. The Bertz CT molecular complexity index is 155. The van der Waals surface area contributed by atoms with Crippen LogP contribution in [-0.4, -0.2) is 9.77 Å². The zero-order valence-electron chi connectivity index (χ0n) is 5.16. The predicted octanol–water partition coefficient (Wildman–Crippen LogP) is 1.11. The quantitative estimate of drug-likeness (QED) is 0.395. The minimum absolute atomic E-state index is 0.249. The Morgan fingerprint density at radius 3 is 1.80 bits per heavy atom. The fourth-order valence-electron chi connectivity index (χ4n) is 0.474. The SMILES string of the molecule is Nc1ccc(O)cc1.OCl. The summed E-state index contributed by atoms with van der Waals surface area (Å²) in [6, 6.07) is 6.40. The van der Waals surface area contributed by atoms with Gasteiger partial charge in [0.15, 0.2) is 0 Å². The maximum atomic E-state index is 8.70. The maximum Gasteiger partial charge on any atom is 0.115 e. The van der Waals surface area contributed by atoms with Crippen molar-refractivity contribution in [2.45, 2.75) is 0 Å². The van der Waals surface area contributed by atoms with Crippen LogP contribution in [0, 0.1) is 0 Å². The molecule has 0 bridgehead atoms. The van der Waals surface area contributed by atoms with Crippen molar-refractivity contribution >= 4 is 17.6 Å². The molecule has 0 saturated carbocycles. The highest BCUT2D eigenvalue weighted by molar-refractivity contribution is 6.04. The van der Waals surface area contributed by atoms with E-state index in [-0.39, 0.29) is 5.75 Å². The van der Waals surface area contributed by atoms with Gasteiger partial charge in [0.2, 0.25) is 0 Å². The minimum Gasteiger partial charge on any atom is -0.508 e. The van der Waals surface area contributed by atoms with Crippen molar-refractivity contribution in [2.75, 3.05) is 5.73 Å². The van der Waals surface area contributed by atoms with E-state index in [1.54, 1.807) is 24.3 Å². The third-order valence-electron chi connectivity index (χ3n) is 0.893. The third kappa shape index (κ3) is 3.17. The van der Waals surface area contributed by atoms with E-state index >= 15 is 0 Å². The lowest BCUT2D eigenvalue weighted by molar-refractivity contribution is 0.475. The molecule has 4 N–H and O–H groups in total. The molecule has 0 radical (unpaired) electrons. The number of nitrogen functional groups attached to an aromatic ring is 1. The molecular weight excluding hydrogens is 154 g/mol. The van der Waals surface area contributed by atoms with Gasteiger partial charge in [0.1, 0.15) is 5.75 Å². The van der Waals surface area contributed by atoms with Gasteiger partial charge in [-0.05, 0) is 24.3 Å². The fraction of sp³-hybridized carbons (Fsp3) is 0. The number of anilines is 1. The minimum atomic E-state index is 0.249. The van der Waals surface area contributed by atoms with Crippen LogP contribution in [0.4, 0.5) is 5.69 Å². The largest absolute Gasteiger partial charge is 0.508 e. The van der Waals surface area contributed by atoms with Gasteiger partial charge in [-0.3, -0.25) is 4.66 Å². The molecule has 0 atom stereocenters. The summed E-state index contributed by atoms with van der Waals surface area (Å²) in [5.74, 6) is 0.249. The fourth-order valence-corrected chi connectivity index (χ4v) is 0.474. The molecule has 3 nitrogen and oxygen atoms in total. The Hall–Kier alpha value is -0.930. The Labute approximate surface area is 63.8 Å². The van der Waals surface area contributed by atoms with Crippen molar-refractivity contribution < 1.29 is 9.77 Å². The van der Waals surface area contributed by atoms with Crippen LogP contribution in [0.3, 0.4) is 0 Å². The highest BCUT2D eigenvalue weighted by atomic mass is 35.5. The molecule has 1 rings (SSSR count). The van der Waals surface area contributed by atoms with Crippen LogP contribution in [0.15, 0.2) is 24.3 Å². The van der Waals surface area contributed by atoms with Gasteiger partial charge >= 0.3 is 0 Å². The first-order valence-electron chi connectivity index (χ1n) is 2.50. The molecule has 0 unspecified atom stereocenters. The lowest BCUT2D eigenvalue weighted by atomic mass is 10.3. The van der Waals surface area contributed by atoms with Crippen molar-refractivity contribution in [2.24, 2.45) is 0 Å². The first-order chi connectivity index (χ1) is 4.79. The third-order valence-corrected chi connectivity index (χ3v) is 0.893. The number of benzene rings is 1. The summed E-state index contributed by atoms with van der Waals surface area (Å²) in [7, 11) is 0. The Kier molecular flexibility index (Phi) is 4.45. The van der Waals surface area contributed by atoms with Gasteiger partial charge in [-0.15, -0.1) is 0 Å². The van der Waals surface area contributed by atoms with Gasteiger partial charge in [-0.1, -0.05) is 0 Å². The van der Waals surface area contributed by atoms with Crippen molar-refractivity contribution in [1.82, 2.24) is 0 Å². The van der Waals surface area contributed by atoms with Gasteiger partial charge in [0.05, 0.1) is 11.9 Å². The molecule has 0 saturated heterocycles. The van der Waals surface area contributed by atoms with Crippen LogP contribution in [-0.2, 0) is 0 Å². The molecule has 1 aromatic rings. The zero-order valence-corrected chi connectivity index (χ0v) is 5.92. The van der Waals surface area contributed by atoms with Crippen LogP contribution >= 0.6 is 11.9 Å². The number of aromatic hydroxyl groups is 1. The second-order valence-corrected chi connectivity index (χ2v) is 1.59. The van der Waals surface area contributed by atoms with Crippen LogP contribution in [0.25, 0.3) is 0 Å². The number of phenols is 1. The summed E-state index contributed by atoms with van der Waals surface area (Å²) < 4.78 is 6.47. The summed E-state index contributed by atoms with van der Waals surface area (Å²) in [6.45, 7) is 0. The van der Waals surface area contributed by atoms with Crippen LogP contribution in [0.1, 0.15) is 0 Å². The molecule has 1 aromatic carbocycles. The molecule has 0 heterocycles. The Morgan fingerprint density at radius 1 is 1.10 bits per heavy atom. The van der Waals surface area contributed by atoms with Crippen molar-refractivity contribution in [3.63, 3.8) is 0 Å². The van der Waals surface area contributed by atoms with Crippen molar-refractivity contribution in [3.05, 3.63) is 24.3 Å². The first kappa shape index (κ1) is 9.07. The normalized spacial score (nSPS) is 7.80. The summed E-state index contributed by atoms with van der Waals surface area (Å²) >= 11 is 3.64. The lowest BCUT2D eigenvalue weighted by Crippen LogP contribution is -1.80. The van der Waals surface area contributed by atoms with Gasteiger partial charge in [-0.2, -0.15) is 0 Å². The average molecular weight is 162 g/mol. The van der Waals surface area contributed by atoms with E-state index in [4.69, 9.17) is 15.5 Å². The zero-order chi connectivity index (χ0) is 7.98. The van der Waals surface area contributed by atoms with E-state index in [1.165, 1.54) is 0 Å². The van der Waals surface area contributed by atoms with Crippen LogP contribution in [0.2, 0.25) is 0 Å². The van der Waals surface area contributed by atoms with Crippen LogP contribution in [0.5, 0.6) is 5.75 Å². The highest BCUT2D eigenvalue weighted by Gasteiger charge is 1.82. The summed E-state index contributed by atoms with van der Waals surface area (Å²) in [5.41, 5.74) is 5.98. The Balaban J connectivity index is 0.000000371. The molecule has 0 aliphatic heterocycles. The molecule has 0 aliphatic carbocycles. The van der Waals surface area contributed by atoms with E-state index in [9.17, 15) is 0 Å². The highest BCUT2D eigenvalue weighted by Crippen LogP contribution is 2.09. The molecule has 56 valence electrons. The van der Waals surface area contributed by atoms with E-state index in [0.717, 1.165) is 0 Å². The monoisotopic (exact) mass is 161 g/mol. The van der Waals surface area contributed by atoms with Gasteiger partial charge in [0.25, 0.3) is 0 Å². The second kappa shape index (κ2) is 4.90. The van der Waals surface area contributed by atoms with Crippen molar-refractivity contribution in [1.29, 1.82) is 0 Å². The van der Waals surface area contributed by atoms with E-state index in [2.05, 4.69) is 11.9 Å². The molecule has 10 heavy (non-hydrogen) atoms. The molecule has 0 amide bonds. The maximum absolute atomic E-state index is 8.70. The topological polar surface area (TPSA) is 66.5 Å². The van der Waals surface area contributed by atoms with E-state index < -0.39 is 0 Å². The molecule has 0 spiro atoms. The van der Waals surface area contributed by atoms with E-state index in [1.807, 2.05) is 0 Å². The number of rotatable bonds is 0. The summed E-state index contributed by atoms with van der Waals surface area (Å²) in [5, 5.41) is 8.70. The number of nitrogens with two attached hydrogens (primary N) is 1. The molecule has 0 aliphatic rings. The molecular formula is C6H8ClNO2. The summed E-state index contributed by atoms with van der Waals surface area (Å²) in [4.78, 5) is 0. The van der Waals surface area contributed by atoms with Gasteiger partial charge < -0.3 is 10.8 Å². The van der Waals surface area contributed by atoms with E-state index in [0.29, 0.717) is 5.69 Å². The number of hydrogen-bond donors (Lipinski definition) is 3. The van der Waals surface area contributed by atoms with Crippen molar-refractivity contribution in [3.8, 4) is 5.75 Å². The second-order valence-electron chi connectivity index (χ2n) is 1.59. The predicted molar refractivity (Wildman–Crippen MR) is 40.6 cm³/mol. The number of phenolic OH excluding ortho intramolecular Hbond substituents is 1. The van der Waals surface area contributed by atoms with Gasteiger partial charge in [-0.25, -0.2) is 0 Å². The average Bonchev–Trinajstić information content (AvgIpc) is 2.00. The van der Waals surface area contributed by atoms with Crippen LogP contribution < -0.4 is 5.73 Å². The smallest absolute Gasteiger partial charge is 0.115 e. The summed E-state index contributed by atoms with van der Waals surface area (Å²) in [6.07, 6.45) is 0. The van der Waals surface area contributed by atoms with Gasteiger partial charge in [0, 0.05) is 5.69 Å².